The molecule has 1 N–H and O–H groups in total. The number of hydrogen-bond acceptors (Lipinski definition) is 4. The molecule has 1 amide bonds. The van der Waals surface area contributed by atoms with Crippen molar-refractivity contribution in [2.75, 3.05) is 15.9 Å². The smallest absolute Gasteiger partial charge is 0.265 e. The maximum Gasteiger partial charge on any atom is 0.265 e. The second-order valence-electron chi connectivity index (χ2n) is 8.05. The molecule has 1 heterocycles. The maximum absolute atomic E-state index is 12.9. The summed E-state index contributed by atoms with van der Waals surface area (Å²) in [5, 5.41) is 3.84. The number of para-hydroxylation sites is 1. The van der Waals surface area contributed by atoms with Crippen LogP contribution in [0.5, 0.6) is 0 Å². The van der Waals surface area contributed by atoms with Crippen LogP contribution in [0.4, 0.5) is 11.4 Å². The molecule has 0 aliphatic heterocycles. The molecule has 0 fully saturated rings. The quantitative estimate of drug-likeness (QED) is 0.355. The number of carbonyl (C=O) groups is 1. The molecule has 170 valence electrons. The van der Waals surface area contributed by atoms with Gasteiger partial charge in [-0.3, -0.25) is 9.10 Å². The zero-order chi connectivity index (χ0) is 23.6. The normalized spacial score (nSPS) is 11.5. The van der Waals surface area contributed by atoms with Gasteiger partial charge in [0, 0.05) is 10.4 Å². The molecule has 0 spiro atoms. The lowest BCUT2D eigenvalue weighted by molar-refractivity contribution is 0.103. The number of carbonyl (C=O) groups excluding carboxylic acids is 1. The highest BCUT2D eigenvalue weighted by Gasteiger charge is 2.19. The standard InChI is InChI=1S/C26H26N2O3S2/c1-4-20-7-5-6-8-23(20)27-26(29)25-16-21-15-22(13-14-24(21)32-25)28(33(3,30)31)17-19-11-9-18(2)10-12-19/h5-16H,4,17H2,1-3H3,(H,27,29). The van der Waals surface area contributed by atoms with Crippen molar-refractivity contribution in [3.05, 3.63) is 94.4 Å². The first-order valence-electron chi connectivity index (χ1n) is 10.7. The number of benzene rings is 3. The fourth-order valence-electron chi connectivity index (χ4n) is 3.69. The van der Waals surface area contributed by atoms with Gasteiger partial charge in [-0.15, -0.1) is 11.3 Å². The number of nitrogens with one attached hydrogen (secondary N) is 1. The fourth-order valence-corrected chi connectivity index (χ4v) is 5.51. The summed E-state index contributed by atoms with van der Waals surface area (Å²) in [6.45, 7) is 4.29. The summed E-state index contributed by atoms with van der Waals surface area (Å²) in [5.74, 6) is -0.168. The Bertz CT molecular complexity index is 1410. The number of nitrogens with zero attached hydrogens (tertiary/aromatic N) is 1. The number of thiophene rings is 1. The number of anilines is 2. The number of aryl methyl sites for hydroxylation is 2. The van der Waals surface area contributed by atoms with Crippen molar-refractivity contribution in [2.24, 2.45) is 0 Å². The van der Waals surface area contributed by atoms with E-state index < -0.39 is 10.0 Å². The molecule has 33 heavy (non-hydrogen) atoms. The fraction of sp³-hybridized carbons (Fsp3) is 0.192. The average Bonchev–Trinajstić information content (AvgIpc) is 3.22. The zero-order valence-corrected chi connectivity index (χ0v) is 20.5. The van der Waals surface area contributed by atoms with Crippen LogP contribution in [0.3, 0.4) is 0 Å². The summed E-state index contributed by atoms with van der Waals surface area (Å²) in [6.07, 6.45) is 2.04. The highest BCUT2D eigenvalue weighted by molar-refractivity contribution is 7.92. The number of sulfonamides is 1. The minimum Gasteiger partial charge on any atom is -0.321 e. The van der Waals surface area contributed by atoms with Crippen LogP contribution in [0, 0.1) is 6.92 Å². The minimum absolute atomic E-state index is 0.168. The molecular weight excluding hydrogens is 452 g/mol. The van der Waals surface area contributed by atoms with E-state index in [9.17, 15) is 13.2 Å². The monoisotopic (exact) mass is 478 g/mol. The van der Waals surface area contributed by atoms with E-state index in [4.69, 9.17) is 0 Å². The van der Waals surface area contributed by atoms with Crippen molar-refractivity contribution in [3.63, 3.8) is 0 Å². The SMILES string of the molecule is CCc1ccccc1NC(=O)c1cc2cc(N(Cc3ccc(C)cc3)S(C)(=O)=O)ccc2s1. The van der Waals surface area contributed by atoms with Crippen molar-refractivity contribution >= 4 is 48.7 Å². The molecule has 0 unspecified atom stereocenters. The molecule has 0 radical (unpaired) electrons. The Morgan fingerprint density at radius 2 is 1.73 bits per heavy atom. The maximum atomic E-state index is 12.9. The molecule has 0 atom stereocenters. The van der Waals surface area contributed by atoms with Gasteiger partial charge >= 0.3 is 0 Å². The van der Waals surface area contributed by atoms with Crippen molar-refractivity contribution in [3.8, 4) is 0 Å². The van der Waals surface area contributed by atoms with Crippen LogP contribution in [0.25, 0.3) is 10.1 Å². The molecule has 4 rings (SSSR count). The molecule has 7 heteroatoms. The topological polar surface area (TPSA) is 66.5 Å². The summed E-state index contributed by atoms with van der Waals surface area (Å²) >= 11 is 1.39. The Balaban J connectivity index is 1.63. The molecule has 4 aromatic rings. The van der Waals surface area contributed by atoms with Crippen molar-refractivity contribution in [2.45, 2.75) is 26.8 Å². The molecule has 0 bridgehead atoms. The first-order chi connectivity index (χ1) is 15.7. The first-order valence-corrected chi connectivity index (χ1v) is 13.4. The Labute approximate surface area is 198 Å². The molecule has 3 aromatic carbocycles. The lowest BCUT2D eigenvalue weighted by Gasteiger charge is -2.22. The van der Waals surface area contributed by atoms with E-state index in [0.29, 0.717) is 10.6 Å². The van der Waals surface area contributed by atoms with Gasteiger partial charge in [0.2, 0.25) is 10.0 Å². The van der Waals surface area contributed by atoms with Gasteiger partial charge in [-0.05, 0) is 60.2 Å². The van der Waals surface area contributed by atoms with E-state index in [-0.39, 0.29) is 12.5 Å². The van der Waals surface area contributed by atoms with Crippen LogP contribution in [0.15, 0.2) is 72.8 Å². The van der Waals surface area contributed by atoms with E-state index in [1.165, 1.54) is 21.9 Å². The van der Waals surface area contributed by atoms with Gasteiger partial charge in [0.15, 0.2) is 0 Å². The molecule has 0 saturated heterocycles. The predicted molar refractivity (Wildman–Crippen MR) is 138 cm³/mol. The van der Waals surface area contributed by atoms with E-state index in [0.717, 1.165) is 38.9 Å². The summed E-state index contributed by atoms with van der Waals surface area (Å²) in [5.41, 5.74) is 4.49. The van der Waals surface area contributed by atoms with Crippen molar-refractivity contribution < 1.29 is 13.2 Å². The van der Waals surface area contributed by atoms with E-state index >= 15 is 0 Å². The van der Waals surface area contributed by atoms with E-state index in [1.54, 1.807) is 6.07 Å². The molecule has 0 aliphatic carbocycles. The second kappa shape index (κ2) is 9.37. The number of rotatable bonds is 7. The largest absolute Gasteiger partial charge is 0.321 e. The van der Waals surface area contributed by atoms with Gasteiger partial charge < -0.3 is 5.32 Å². The molecule has 5 nitrogen and oxygen atoms in total. The van der Waals surface area contributed by atoms with Crippen LogP contribution in [0.2, 0.25) is 0 Å². The van der Waals surface area contributed by atoms with Gasteiger partial charge in [0.05, 0.1) is 23.4 Å². The van der Waals surface area contributed by atoms with Crippen LogP contribution in [0.1, 0.15) is 33.3 Å². The third-order valence-electron chi connectivity index (χ3n) is 5.51. The van der Waals surface area contributed by atoms with Crippen LogP contribution >= 0.6 is 11.3 Å². The Kier molecular flexibility index (Phi) is 6.54. The second-order valence-corrected chi connectivity index (χ2v) is 11.0. The lowest BCUT2D eigenvalue weighted by atomic mass is 10.1. The first kappa shape index (κ1) is 23.0. The van der Waals surface area contributed by atoms with Crippen molar-refractivity contribution in [1.29, 1.82) is 0 Å². The third-order valence-corrected chi connectivity index (χ3v) is 7.76. The summed E-state index contributed by atoms with van der Waals surface area (Å²) in [7, 11) is -3.50. The average molecular weight is 479 g/mol. The number of fused-ring (bicyclic) bond motifs is 1. The van der Waals surface area contributed by atoms with Gasteiger partial charge in [-0.1, -0.05) is 55.0 Å². The number of amides is 1. The summed E-state index contributed by atoms with van der Waals surface area (Å²) < 4.78 is 27.5. The third kappa shape index (κ3) is 5.26. The van der Waals surface area contributed by atoms with Gasteiger partial charge in [-0.25, -0.2) is 8.42 Å². The molecule has 0 saturated carbocycles. The molecule has 1 aromatic heterocycles. The van der Waals surface area contributed by atoms with Crippen LogP contribution < -0.4 is 9.62 Å². The molecule has 0 aliphatic rings. The van der Waals surface area contributed by atoms with E-state index in [2.05, 4.69) is 12.2 Å². The highest BCUT2D eigenvalue weighted by Crippen LogP contribution is 2.32. The van der Waals surface area contributed by atoms with E-state index in [1.807, 2.05) is 73.7 Å². The summed E-state index contributed by atoms with van der Waals surface area (Å²) in [4.78, 5) is 13.5. The highest BCUT2D eigenvalue weighted by atomic mass is 32.2. The van der Waals surface area contributed by atoms with Crippen LogP contribution in [-0.2, 0) is 23.0 Å². The Hall–Kier alpha value is -3.16. The Morgan fingerprint density at radius 3 is 2.42 bits per heavy atom. The summed E-state index contributed by atoms with van der Waals surface area (Å²) in [6, 6.07) is 22.9. The van der Waals surface area contributed by atoms with Crippen LogP contribution in [-0.4, -0.2) is 20.6 Å². The van der Waals surface area contributed by atoms with Gasteiger partial charge in [0.1, 0.15) is 0 Å². The lowest BCUT2D eigenvalue weighted by Crippen LogP contribution is -2.29. The predicted octanol–water partition coefficient (Wildman–Crippen LogP) is 5.99. The molecular formula is C26H26N2O3S2. The minimum atomic E-state index is -3.50. The Morgan fingerprint density at radius 1 is 1.00 bits per heavy atom. The number of hydrogen-bond donors (Lipinski definition) is 1. The van der Waals surface area contributed by atoms with Gasteiger partial charge in [-0.2, -0.15) is 0 Å². The van der Waals surface area contributed by atoms with Gasteiger partial charge in [0.25, 0.3) is 5.91 Å². The zero-order valence-electron chi connectivity index (χ0n) is 18.8. The van der Waals surface area contributed by atoms with Crippen molar-refractivity contribution in [1.82, 2.24) is 0 Å².